The van der Waals surface area contributed by atoms with Crippen molar-refractivity contribution in [3.8, 4) is 0 Å². The molecule has 104 valence electrons. The molecule has 0 spiro atoms. The summed E-state index contributed by atoms with van der Waals surface area (Å²) in [7, 11) is 0. The zero-order chi connectivity index (χ0) is 14.3. The highest BCUT2D eigenvalue weighted by Crippen LogP contribution is 2.13. The van der Waals surface area contributed by atoms with Gasteiger partial charge in [0.05, 0.1) is 0 Å². The Labute approximate surface area is 117 Å². The molecular weight excluding hydrogens is 267 g/mol. The van der Waals surface area contributed by atoms with Crippen LogP contribution in [0.5, 0.6) is 0 Å². The molecule has 0 radical (unpaired) electrons. The topological polar surface area (TPSA) is 58.2 Å². The van der Waals surface area contributed by atoms with Crippen LogP contribution in [-0.2, 0) is 4.79 Å². The Morgan fingerprint density at radius 2 is 2.00 bits per heavy atom. The first-order chi connectivity index (χ1) is 9.04. The molecule has 0 saturated carbocycles. The fraction of sp³-hybridized carbons (Fsp3) is 0.385. The third-order valence-corrected chi connectivity index (χ3v) is 2.76. The second-order valence-corrected chi connectivity index (χ2v) is 4.50. The summed E-state index contributed by atoms with van der Waals surface area (Å²) in [4.78, 5) is 23.1. The van der Waals surface area contributed by atoms with Crippen LogP contribution in [0.15, 0.2) is 23.1 Å². The smallest absolute Gasteiger partial charge is 0.251 e. The van der Waals surface area contributed by atoms with Gasteiger partial charge >= 0.3 is 0 Å². The second kappa shape index (κ2) is 7.78. The molecule has 1 rings (SSSR count). The maximum Gasteiger partial charge on any atom is 0.251 e. The first kappa shape index (κ1) is 15.5. The summed E-state index contributed by atoms with van der Waals surface area (Å²) in [6.45, 7) is 2.84. The van der Waals surface area contributed by atoms with E-state index >= 15 is 0 Å². The SMILES string of the molecule is CCCNC(=O)CCNC(=O)c1ccc(F)c(S)c1. The molecule has 0 unspecified atom stereocenters. The quantitative estimate of drug-likeness (QED) is 0.697. The maximum absolute atomic E-state index is 13.0. The van der Waals surface area contributed by atoms with E-state index in [4.69, 9.17) is 0 Å². The zero-order valence-electron chi connectivity index (χ0n) is 10.7. The van der Waals surface area contributed by atoms with Gasteiger partial charge in [0.25, 0.3) is 5.91 Å². The van der Waals surface area contributed by atoms with Crippen LogP contribution in [0.1, 0.15) is 30.1 Å². The molecule has 19 heavy (non-hydrogen) atoms. The van der Waals surface area contributed by atoms with E-state index in [0.717, 1.165) is 6.42 Å². The van der Waals surface area contributed by atoms with Crippen LogP contribution in [0.25, 0.3) is 0 Å². The van der Waals surface area contributed by atoms with Crippen molar-refractivity contribution >= 4 is 24.4 Å². The van der Waals surface area contributed by atoms with Gasteiger partial charge in [0.1, 0.15) is 5.82 Å². The molecule has 4 nitrogen and oxygen atoms in total. The summed E-state index contributed by atoms with van der Waals surface area (Å²) in [5, 5.41) is 5.31. The molecule has 0 atom stereocenters. The van der Waals surface area contributed by atoms with Gasteiger partial charge in [-0.05, 0) is 24.6 Å². The van der Waals surface area contributed by atoms with Crippen LogP contribution >= 0.6 is 12.6 Å². The highest BCUT2D eigenvalue weighted by molar-refractivity contribution is 7.80. The molecule has 0 aliphatic carbocycles. The number of benzene rings is 1. The van der Waals surface area contributed by atoms with E-state index in [1.54, 1.807) is 0 Å². The highest BCUT2D eigenvalue weighted by Gasteiger charge is 2.08. The van der Waals surface area contributed by atoms with Crippen molar-refractivity contribution in [2.75, 3.05) is 13.1 Å². The van der Waals surface area contributed by atoms with E-state index in [0.29, 0.717) is 12.1 Å². The minimum Gasteiger partial charge on any atom is -0.356 e. The van der Waals surface area contributed by atoms with Crippen LogP contribution in [-0.4, -0.2) is 24.9 Å². The Kier molecular flexibility index (Phi) is 6.35. The number of nitrogens with one attached hydrogen (secondary N) is 2. The predicted octanol–water partition coefficient (Wildman–Crippen LogP) is 1.76. The number of hydrogen-bond acceptors (Lipinski definition) is 3. The van der Waals surface area contributed by atoms with Gasteiger partial charge in [-0.2, -0.15) is 0 Å². The molecular formula is C13H17FN2O2S. The fourth-order valence-corrected chi connectivity index (χ4v) is 1.61. The van der Waals surface area contributed by atoms with Gasteiger partial charge < -0.3 is 10.6 Å². The molecule has 6 heteroatoms. The number of thiol groups is 1. The van der Waals surface area contributed by atoms with Gasteiger partial charge in [0.2, 0.25) is 5.91 Å². The summed E-state index contributed by atoms with van der Waals surface area (Å²) in [6.07, 6.45) is 1.10. The third-order valence-electron chi connectivity index (χ3n) is 2.42. The van der Waals surface area contributed by atoms with Crippen molar-refractivity contribution in [1.82, 2.24) is 10.6 Å². The maximum atomic E-state index is 13.0. The lowest BCUT2D eigenvalue weighted by atomic mass is 10.2. The summed E-state index contributed by atoms with van der Waals surface area (Å²) >= 11 is 3.91. The number of carbonyl (C=O) groups excluding carboxylic acids is 2. The van der Waals surface area contributed by atoms with Gasteiger partial charge in [-0.15, -0.1) is 12.6 Å². The van der Waals surface area contributed by atoms with E-state index in [1.165, 1.54) is 18.2 Å². The normalized spacial score (nSPS) is 10.1. The van der Waals surface area contributed by atoms with Crippen LogP contribution < -0.4 is 10.6 Å². The molecule has 1 aromatic carbocycles. The van der Waals surface area contributed by atoms with Gasteiger partial charge in [0, 0.05) is 30.0 Å². The Bertz CT molecular complexity index is 466. The first-order valence-electron chi connectivity index (χ1n) is 6.08. The third kappa shape index (κ3) is 5.30. The average Bonchev–Trinajstić information content (AvgIpc) is 2.39. The lowest BCUT2D eigenvalue weighted by molar-refractivity contribution is -0.120. The van der Waals surface area contributed by atoms with Gasteiger partial charge in [-0.1, -0.05) is 6.92 Å². The lowest BCUT2D eigenvalue weighted by Gasteiger charge is -2.06. The molecule has 2 amide bonds. The highest BCUT2D eigenvalue weighted by atomic mass is 32.1. The molecule has 0 bridgehead atoms. The number of amides is 2. The van der Waals surface area contributed by atoms with Crippen molar-refractivity contribution in [1.29, 1.82) is 0 Å². The van der Waals surface area contributed by atoms with Crippen molar-refractivity contribution in [2.24, 2.45) is 0 Å². The van der Waals surface area contributed by atoms with Crippen LogP contribution in [0.3, 0.4) is 0 Å². The predicted molar refractivity (Wildman–Crippen MR) is 73.9 cm³/mol. The number of halogens is 1. The van der Waals surface area contributed by atoms with Crippen LogP contribution in [0, 0.1) is 5.82 Å². The van der Waals surface area contributed by atoms with Crippen molar-refractivity contribution < 1.29 is 14.0 Å². The van der Waals surface area contributed by atoms with Crippen molar-refractivity contribution in [3.05, 3.63) is 29.6 Å². The molecule has 0 aromatic heterocycles. The second-order valence-electron chi connectivity index (χ2n) is 4.02. The van der Waals surface area contributed by atoms with Crippen molar-refractivity contribution in [3.63, 3.8) is 0 Å². The standard InChI is InChI=1S/C13H17FN2O2S/c1-2-6-15-12(17)5-7-16-13(18)9-3-4-10(14)11(19)8-9/h3-4,8,19H,2,5-7H2,1H3,(H,15,17)(H,16,18). The van der Waals surface area contributed by atoms with Gasteiger partial charge in [-0.3, -0.25) is 9.59 Å². The first-order valence-corrected chi connectivity index (χ1v) is 6.52. The largest absolute Gasteiger partial charge is 0.356 e. The molecule has 1 aromatic rings. The van der Waals surface area contributed by atoms with Crippen LogP contribution in [0.2, 0.25) is 0 Å². The van der Waals surface area contributed by atoms with E-state index in [2.05, 4.69) is 23.3 Å². The number of hydrogen-bond donors (Lipinski definition) is 3. The minimum absolute atomic E-state index is 0.101. The van der Waals surface area contributed by atoms with Gasteiger partial charge in [-0.25, -0.2) is 4.39 Å². The van der Waals surface area contributed by atoms with E-state index in [9.17, 15) is 14.0 Å². The molecule has 0 aliphatic heterocycles. The molecule has 0 fully saturated rings. The number of carbonyl (C=O) groups is 2. The summed E-state index contributed by atoms with van der Waals surface area (Å²) in [5.41, 5.74) is 0.320. The molecule has 0 saturated heterocycles. The van der Waals surface area contributed by atoms with E-state index in [1.807, 2.05) is 6.92 Å². The Balaban J connectivity index is 2.39. The van der Waals surface area contributed by atoms with E-state index < -0.39 is 5.82 Å². The number of rotatable bonds is 6. The molecule has 0 aliphatic rings. The lowest BCUT2D eigenvalue weighted by Crippen LogP contribution is -2.31. The van der Waals surface area contributed by atoms with Crippen LogP contribution in [0.4, 0.5) is 4.39 Å². The summed E-state index contributed by atoms with van der Waals surface area (Å²) in [5.74, 6) is -0.923. The Morgan fingerprint density at radius 1 is 1.26 bits per heavy atom. The zero-order valence-corrected chi connectivity index (χ0v) is 11.6. The Hall–Kier alpha value is -1.56. The average molecular weight is 284 g/mol. The van der Waals surface area contributed by atoms with Gasteiger partial charge in [0.15, 0.2) is 0 Å². The Morgan fingerprint density at radius 3 is 2.63 bits per heavy atom. The minimum atomic E-state index is -0.473. The van der Waals surface area contributed by atoms with Crippen molar-refractivity contribution in [2.45, 2.75) is 24.7 Å². The van der Waals surface area contributed by atoms with E-state index in [-0.39, 0.29) is 29.7 Å². The molecule has 2 N–H and O–H groups in total. The monoisotopic (exact) mass is 284 g/mol. The summed E-state index contributed by atoms with van der Waals surface area (Å²) < 4.78 is 13.0. The molecule has 0 heterocycles. The fourth-order valence-electron chi connectivity index (χ4n) is 1.40. The summed E-state index contributed by atoms with van der Waals surface area (Å²) in [6, 6.07) is 3.91.